The van der Waals surface area contributed by atoms with Crippen molar-refractivity contribution in [3.63, 3.8) is 0 Å². The summed E-state index contributed by atoms with van der Waals surface area (Å²) in [4.78, 5) is 12.5. The first-order chi connectivity index (χ1) is 16.2. The SMILES string of the molecule is CCCCCC[C@@H](O)C(=O)N[C@@H](CO[C@H]1O[C@H](CO)[C@H](O)[C@H](O)[C@H]1O)[C@H](O)[C@H](O)CCCCC. The van der Waals surface area contributed by atoms with Crippen molar-refractivity contribution in [2.75, 3.05) is 13.2 Å². The van der Waals surface area contributed by atoms with Crippen molar-refractivity contribution >= 4 is 5.91 Å². The fraction of sp³-hybridized carbons (Fsp3) is 0.957. The Morgan fingerprint density at radius 2 is 1.53 bits per heavy atom. The number of unbranched alkanes of at least 4 members (excludes halogenated alkanes) is 5. The van der Waals surface area contributed by atoms with E-state index in [1.165, 1.54) is 0 Å². The van der Waals surface area contributed by atoms with Crippen LogP contribution in [0.1, 0.15) is 71.6 Å². The molecule has 1 saturated heterocycles. The van der Waals surface area contributed by atoms with Crippen LogP contribution in [-0.2, 0) is 14.3 Å². The van der Waals surface area contributed by atoms with E-state index in [1.807, 2.05) is 6.92 Å². The van der Waals surface area contributed by atoms with Gasteiger partial charge in [-0.05, 0) is 12.8 Å². The summed E-state index contributed by atoms with van der Waals surface area (Å²) in [6, 6.07) is -1.15. The second-order valence-corrected chi connectivity index (χ2v) is 9.06. The molecule has 0 radical (unpaired) electrons. The summed E-state index contributed by atoms with van der Waals surface area (Å²) in [5.74, 6) is -0.723. The topological polar surface area (TPSA) is 189 Å². The van der Waals surface area contributed by atoms with Gasteiger partial charge in [0.1, 0.15) is 36.6 Å². The number of rotatable bonds is 17. The number of nitrogens with one attached hydrogen (secondary N) is 1. The number of hydrogen-bond donors (Lipinski definition) is 8. The summed E-state index contributed by atoms with van der Waals surface area (Å²) in [7, 11) is 0. The minimum absolute atomic E-state index is 0.251. The van der Waals surface area contributed by atoms with Gasteiger partial charge in [-0.3, -0.25) is 4.79 Å². The Bertz CT molecular complexity index is 552. The molecule has 0 aromatic carbocycles. The van der Waals surface area contributed by atoms with E-state index in [-0.39, 0.29) is 6.42 Å². The quantitative estimate of drug-likeness (QED) is 0.115. The third-order valence-electron chi connectivity index (χ3n) is 6.16. The van der Waals surface area contributed by atoms with Gasteiger partial charge in [0, 0.05) is 0 Å². The zero-order valence-corrected chi connectivity index (χ0v) is 20.3. The van der Waals surface area contributed by atoms with E-state index in [0.717, 1.165) is 32.1 Å². The maximum Gasteiger partial charge on any atom is 0.249 e. The van der Waals surface area contributed by atoms with Crippen LogP contribution in [-0.4, -0.2) is 110 Å². The fourth-order valence-electron chi connectivity index (χ4n) is 3.85. The lowest BCUT2D eigenvalue weighted by Gasteiger charge is -2.40. The highest BCUT2D eigenvalue weighted by molar-refractivity contribution is 5.80. The number of hydrogen-bond acceptors (Lipinski definition) is 10. The van der Waals surface area contributed by atoms with Crippen LogP contribution in [0.2, 0.25) is 0 Å². The molecule has 1 rings (SSSR count). The smallest absolute Gasteiger partial charge is 0.249 e. The number of amides is 1. The summed E-state index contributed by atoms with van der Waals surface area (Å²) < 4.78 is 10.8. The highest BCUT2D eigenvalue weighted by Gasteiger charge is 2.44. The van der Waals surface area contributed by atoms with Crippen molar-refractivity contribution in [3.8, 4) is 0 Å². The number of carbonyl (C=O) groups excluding carboxylic acids is 1. The van der Waals surface area contributed by atoms with Gasteiger partial charge in [0.05, 0.1) is 25.4 Å². The monoisotopic (exact) mass is 495 g/mol. The fourth-order valence-corrected chi connectivity index (χ4v) is 3.85. The molecule has 0 aromatic heterocycles. The van der Waals surface area contributed by atoms with Gasteiger partial charge in [0.25, 0.3) is 0 Å². The van der Waals surface area contributed by atoms with Crippen LogP contribution in [0.15, 0.2) is 0 Å². The van der Waals surface area contributed by atoms with E-state index >= 15 is 0 Å². The molecule has 0 aromatic rings. The van der Waals surface area contributed by atoms with Crippen molar-refractivity contribution in [2.24, 2.45) is 0 Å². The van der Waals surface area contributed by atoms with Gasteiger partial charge in [0.15, 0.2) is 6.29 Å². The molecule has 202 valence electrons. The summed E-state index contributed by atoms with van der Waals surface area (Å²) in [5.41, 5.74) is 0. The maximum atomic E-state index is 12.5. The molecule has 1 aliphatic rings. The van der Waals surface area contributed by atoms with E-state index < -0.39 is 74.2 Å². The van der Waals surface area contributed by atoms with Gasteiger partial charge >= 0.3 is 0 Å². The molecule has 1 heterocycles. The van der Waals surface area contributed by atoms with Crippen LogP contribution in [0.3, 0.4) is 0 Å². The first-order valence-corrected chi connectivity index (χ1v) is 12.4. The van der Waals surface area contributed by atoms with Crippen LogP contribution in [0, 0.1) is 0 Å². The van der Waals surface area contributed by atoms with Crippen LogP contribution >= 0.6 is 0 Å². The second kappa shape index (κ2) is 16.7. The predicted molar refractivity (Wildman–Crippen MR) is 123 cm³/mol. The molecule has 34 heavy (non-hydrogen) atoms. The zero-order valence-electron chi connectivity index (χ0n) is 20.3. The highest BCUT2D eigenvalue weighted by Crippen LogP contribution is 2.22. The first kappa shape index (κ1) is 31.1. The lowest BCUT2D eigenvalue weighted by molar-refractivity contribution is -0.303. The van der Waals surface area contributed by atoms with Crippen LogP contribution < -0.4 is 5.32 Å². The minimum Gasteiger partial charge on any atom is -0.394 e. The summed E-state index contributed by atoms with van der Waals surface area (Å²) >= 11 is 0. The van der Waals surface area contributed by atoms with Crippen LogP contribution in [0.25, 0.3) is 0 Å². The Morgan fingerprint density at radius 1 is 0.912 bits per heavy atom. The molecule has 1 fully saturated rings. The van der Waals surface area contributed by atoms with Gasteiger partial charge < -0.3 is 50.5 Å². The van der Waals surface area contributed by atoms with Gasteiger partial charge in [0.2, 0.25) is 5.91 Å². The lowest BCUT2D eigenvalue weighted by Crippen LogP contribution is -2.60. The molecule has 11 nitrogen and oxygen atoms in total. The molecular weight excluding hydrogens is 450 g/mol. The van der Waals surface area contributed by atoms with Gasteiger partial charge in [-0.1, -0.05) is 58.8 Å². The molecule has 11 heteroatoms. The maximum absolute atomic E-state index is 12.5. The van der Waals surface area contributed by atoms with E-state index in [1.54, 1.807) is 0 Å². The zero-order chi connectivity index (χ0) is 25.7. The van der Waals surface area contributed by atoms with Crippen molar-refractivity contribution in [2.45, 2.75) is 127 Å². The van der Waals surface area contributed by atoms with Crippen molar-refractivity contribution in [3.05, 3.63) is 0 Å². The molecule has 8 N–H and O–H groups in total. The van der Waals surface area contributed by atoms with E-state index in [0.29, 0.717) is 19.3 Å². The Morgan fingerprint density at radius 3 is 2.15 bits per heavy atom. The van der Waals surface area contributed by atoms with Crippen molar-refractivity contribution in [1.82, 2.24) is 5.32 Å². The molecule has 0 spiro atoms. The number of aliphatic hydroxyl groups is 7. The average Bonchev–Trinajstić information content (AvgIpc) is 2.83. The normalized spacial score (nSPS) is 28.8. The predicted octanol–water partition coefficient (Wildman–Crippen LogP) is -1.08. The van der Waals surface area contributed by atoms with Gasteiger partial charge in [-0.2, -0.15) is 0 Å². The molecule has 1 aliphatic heterocycles. The Labute approximate surface area is 201 Å². The molecule has 0 bridgehead atoms. The second-order valence-electron chi connectivity index (χ2n) is 9.06. The molecule has 0 aliphatic carbocycles. The third kappa shape index (κ3) is 10.00. The molecule has 1 amide bonds. The Kier molecular flexibility index (Phi) is 15.3. The Balaban J connectivity index is 2.81. The number of aliphatic hydroxyl groups excluding tert-OH is 7. The van der Waals surface area contributed by atoms with Gasteiger partial charge in [-0.15, -0.1) is 0 Å². The lowest BCUT2D eigenvalue weighted by atomic mass is 9.98. The van der Waals surface area contributed by atoms with E-state index in [2.05, 4.69) is 12.2 Å². The summed E-state index contributed by atoms with van der Waals surface area (Å²) in [5, 5.41) is 73.1. The summed E-state index contributed by atoms with van der Waals surface area (Å²) in [6.07, 6.45) is -4.83. The first-order valence-electron chi connectivity index (χ1n) is 12.4. The molecule has 0 saturated carbocycles. The standard InChI is InChI=1S/C23H45NO10/c1-3-5-7-9-11-16(27)22(32)24-14(18(28)15(26)10-8-6-4-2)13-33-23-21(31)20(30)19(29)17(12-25)34-23/h14-21,23,25-31H,3-13H2,1-2H3,(H,24,32)/t14-,15+,16+,17+,18-,19-,20-,21+,23-/m0/s1. The minimum atomic E-state index is -1.65. The van der Waals surface area contributed by atoms with Crippen LogP contribution in [0.4, 0.5) is 0 Å². The highest BCUT2D eigenvalue weighted by atomic mass is 16.7. The molecule has 9 atom stereocenters. The van der Waals surface area contributed by atoms with Crippen molar-refractivity contribution < 1.29 is 50.0 Å². The Hall–Kier alpha value is -0.890. The molecule has 0 unspecified atom stereocenters. The number of carbonyl (C=O) groups is 1. The summed E-state index contributed by atoms with van der Waals surface area (Å²) in [6.45, 7) is 3.00. The molecular formula is C23H45NO10. The van der Waals surface area contributed by atoms with E-state index in [9.17, 15) is 40.5 Å². The third-order valence-corrected chi connectivity index (χ3v) is 6.16. The average molecular weight is 496 g/mol. The van der Waals surface area contributed by atoms with Crippen molar-refractivity contribution in [1.29, 1.82) is 0 Å². The van der Waals surface area contributed by atoms with Crippen LogP contribution in [0.5, 0.6) is 0 Å². The van der Waals surface area contributed by atoms with E-state index in [4.69, 9.17) is 9.47 Å². The largest absolute Gasteiger partial charge is 0.394 e. The van der Waals surface area contributed by atoms with Gasteiger partial charge in [-0.25, -0.2) is 0 Å². The number of ether oxygens (including phenoxy) is 2.